The molecule has 41 heavy (non-hydrogen) atoms. The van der Waals surface area contributed by atoms with Crippen LogP contribution in [-0.4, -0.2) is 67.8 Å². The summed E-state index contributed by atoms with van der Waals surface area (Å²) in [7, 11) is 0. The Morgan fingerprint density at radius 1 is 1.15 bits per heavy atom. The van der Waals surface area contributed by atoms with Crippen molar-refractivity contribution in [1.82, 2.24) is 29.4 Å². The van der Waals surface area contributed by atoms with Crippen LogP contribution in [0.3, 0.4) is 0 Å². The van der Waals surface area contributed by atoms with Crippen molar-refractivity contribution in [1.29, 1.82) is 5.26 Å². The van der Waals surface area contributed by atoms with E-state index in [-0.39, 0.29) is 35.2 Å². The highest BCUT2D eigenvalue weighted by Gasteiger charge is 2.29. The van der Waals surface area contributed by atoms with Crippen LogP contribution in [0.5, 0.6) is 5.88 Å². The van der Waals surface area contributed by atoms with Crippen LogP contribution in [0, 0.1) is 23.0 Å². The van der Waals surface area contributed by atoms with Crippen LogP contribution in [0.1, 0.15) is 30.3 Å². The van der Waals surface area contributed by atoms with Gasteiger partial charge in [0.15, 0.2) is 5.65 Å². The minimum atomic E-state index is -0.725. The third-order valence-electron chi connectivity index (χ3n) is 7.44. The van der Waals surface area contributed by atoms with Crippen molar-refractivity contribution in [3.63, 3.8) is 0 Å². The van der Waals surface area contributed by atoms with E-state index in [0.29, 0.717) is 49.8 Å². The number of pyridine rings is 1. The van der Waals surface area contributed by atoms with Gasteiger partial charge in [0.05, 0.1) is 31.0 Å². The Kier molecular flexibility index (Phi) is 7.66. The largest absolute Gasteiger partial charge is 0.470 e. The molecule has 0 N–H and O–H groups in total. The predicted molar refractivity (Wildman–Crippen MR) is 146 cm³/mol. The number of piperazine rings is 1. The van der Waals surface area contributed by atoms with Crippen LogP contribution in [-0.2, 0) is 24.4 Å². The molecule has 2 saturated heterocycles. The molecule has 5 heterocycles. The molecular formula is C28H27ClF2N8O2. The van der Waals surface area contributed by atoms with Crippen LogP contribution in [0.15, 0.2) is 36.7 Å². The van der Waals surface area contributed by atoms with Crippen LogP contribution in [0.25, 0.3) is 11.2 Å². The monoisotopic (exact) mass is 580 g/mol. The average molecular weight is 581 g/mol. The van der Waals surface area contributed by atoms with E-state index in [2.05, 4.69) is 37.4 Å². The van der Waals surface area contributed by atoms with Crippen LogP contribution >= 0.6 is 11.6 Å². The normalized spacial score (nSPS) is 19.2. The van der Waals surface area contributed by atoms with Gasteiger partial charge in [-0.3, -0.25) is 4.90 Å². The lowest BCUT2D eigenvalue weighted by atomic mass is 10.2. The van der Waals surface area contributed by atoms with E-state index in [0.717, 1.165) is 30.7 Å². The van der Waals surface area contributed by atoms with Gasteiger partial charge in [-0.2, -0.15) is 14.6 Å². The lowest BCUT2D eigenvalue weighted by molar-refractivity contribution is -0.0593. The fraction of sp³-hybridized carbons (Fsp3) is 0.393. The van der Waals surface area contributed by atoms with E-state index in [9.17, 15) is 14.0 Å². The molecule has 0 spiro atoms. The van der Waals surface area contributed by atoms with Gasteiger partial charge in [-0.25, -0.2) is 19.3 Å². The number of anilines is 1. The van der Waals surface area contributed by atoms with Crippen molar-refractivity contribution in [2.24, 2.45) is 0 Å². The van der Waals surface area contributed by atoms with Crippen molar-refractivity contribution < 1.29 is 18.3 Å². The number of nitrogens with zero attached hydrogens (tertiary/aromatic N) is 8. The second-order valence-electron chi connectivity index (χ2n) is 10.2. The van der Waals surface area contributed by atoms with Gasteiger partial charge >= 0.3 is 0 Å². The van der Waals surface area contributed by atoms with Gasteiger partial charge < -0.3 is 18.9 Å². The second-order valence-corrected chi connectivity index (χ2v) is 10.6. The molecule has 0 radical (unpaired) electrons. The number of fused-ring (bicyclic) bond motifs is 1. The first-order chi connectivity index (χ1) is 19.9. The summed E-state index contributed by atoms with van der Waals surface area (Å²) < 4.78 is 41.9. The Hall–Kier alpha value is -3.92. The first kappa shape index (κ1) is 27.3. The summed E-state index contributed by atoms with van der Waals surface area (Å²) in [5, 5.41) is 9.57. The van der Waals surface area contributed by atoms with Crippen LogP contribution < -0.4 is 9.64 Å². The molecule has 2 fully saturated rings. The average Bonchev–Trinajstić information content (AvgIpc) is 3.27. The minimum absolute atomic E-state index is 0.0979. The predicted octanol–water partition coefficient (Wildman–Crippen LogP) is 4.10. The van der Waals surface area contributed by atoms with E-state index in [4.69, 9.17) is 26.1 Å². The summed E-state index contributed by atoms with van der Waals surface area (Å²) in [6, 6.07) is 8.20. The molecule has 0 amide bonds. The fourth-order valence-corrected chi connectivity index (χ4v) is 5.20. The smallest absolute Gasteiger partial charge is 0.255 e. The molecule has 2 aliphatic rings. The van der Waals surface area contributed by atoms with Gasteiger partial charge in [0, 0.05) is 49.1 Å². The zero-order valence-corrected chi connectivity index (χ0v) is 23.1. The lowest BCUT2D eigenvalue weighted by Crippen LogP contribution is -2.52. The molecule has 0 bridgehead atoms. The summed E-state index contributed by atoms with van der Waals surface area (Å²) in [6.07, 6.45) is 3.75. The molecule has 212 valence electrons. The molecule has 4 aromatic rings. The first-order valence-electron chi connectivity index (χ1n) is 13.3. The highest BCUT2D eigenvalue weighted by atomic mass is 35.5. The summed E-state index contributed by atoms with van der Waals surface area (Å²) in [6.45, 7) is 5.80. The van der Waals surface area contributed by atoms with Gasteiger partial charge in [-0.1, -0.05) is 17.7 Å². The van der Waals surface area contributed by atoms with Crippen molar-refractivity contribution in [3.8, 4) is 11.9 Å². The molecular weight excluding hydrogens is 554 g/mol. The minimum Gasteiger partial charge on any atom is -0.470 e. The maximum Gasteiger partial charge on any atom is 0.255 e. The van der Waals surface area contributed by atoms with Crippen LogP contribution in [0.2, 0.25) is 5.02 Å². The number of aromatic nitrogens is 5. The Bertz CT molecular complexity index is 1620. The number of halogens is 3. The molecule has 2 aliphatic heterocycles. The number of hydrogen-bond donors (Lipinski definition) is 0. The SMILES string of the molecule is C[C@H]1CN(c2ncc(F)c(OCc3ccc(Cl)cc3F)n2)CCN1Cc1nc2cc(C#N)cnc2n1C[C@@H]1CCO1. The molecule has 13 heteroatoms. The van der Waals surface area contributed by atoms with E-state index in [1.165, 1.54) is 12.1 Å². The maximum absolute atomic E-state index is 14.4. The summed E-state index contributed by atoms with van der Waals surface area (Å²) >= 11 is 5.81. The molecule has 6 rings (SSSR count). The highest BCUT2D eigenvalue weighted by Crippen LogP contribution is 2.25. The lowest BCUT2D eigenvalue weighted by Gasteiger charge is -2.39. The van der Waals surface area contributed by atoms with Gasteiger partial charge in [0.2, 0.25) is 11.8 Å². The van der Waals surface area contributed by atoms with E-state index in [1.54, 1.807) is 18.3 Å². The zero-order chi connectivity index (χ0) is 28.5. The van der Waals surface area contributed by atoms with Crippen molar-refractivity contribution in [2.75, 3.05) is 31.1 Å². The van der Waals surface area contributed by atoms with Crippen molar-refractivity contribution in [2.45, 2.75) is 45.2 Å². The molecule has 1 aromatic carbocycles. The Morgan fingerprint density at radius 2 is 2.00 bits per heavy atom. The number of rotatable bonds is 8. The second kappa shape index (κ2) is 11.5. The number of benzene rings is 1. The third-order valence-corrected chi connectivity index (χ3v) is 7.68. The van der Waals surface area contributed by atoms with E-state index >= 15 is 0 Å². The van der Waals surface area contributed by atoms with Gasteiger partial charge in [-0.05, 0) is 31.5 Å². The third kappa shape index (κ3) is 5.79. The van der Waals surface area contributed by atoms with E-state index in [1.807, 2.05) is 4.90 Å². The summed E-state index contributed by atoms with van der Waals surface area (Å²) in [4.78, 5) is 22.1. The summed E-state index contributed by atoms with van der Waals surface area (Å²) in [5.74, 6) is -0.297. The van der Waals surface area contributed by atoms with Gasteiger partial charge in [0.25, 0.3) is 5.88 Å². The Morgan fingerprint density at radius 3 is 2.73 bits per heavy atom. The topological polar surface area (TPSA) is 105 Å². The van der Waals surface area contributed by atoms with E-state index < -0.39 is 11.6 Å². The van der Waals surface area contributed by atoms with Crippen molar-refractivity contribution in [3.05, 3.63) is 70.3 Å². The maximum atomic E-state index is 14.4. The number of hydrogen-bond acceptors (Lipinski definition) is 9. The Labute approximate surface area is 240 Å². The highest BCUT2D eigenvalue weighted by molar-refractivity contribution is 6.30. The molecule has 0 aliphatic carbocycles. The molecule has 0 unspecified atom stereocenters. The molecule has 2 atom stereocenters. The zero-order valence-electron chi connectivity index (χ0n) is 22.3. The Balaban J connectivity index is 1.15. The standard InChI is InChI=1S/C28H27ClF2N8O2/c1-17-13-38(28-34-12-23(31)27(36-28)41-16-19-2-3-20(29)9-22(19)30)6-5-37(17)15-25-35-24-8-18(10-32)11-33-26(24)39(25)14-21-4-7-40-21/h2-3,8-9,11-12,17,21H,4-7,13-16H2,1H3/t17-,21-/m0/s1. The number of nitriles is 1. The first-order valence-corrected chi connectivity index (χ1v) is 13.7. The van der Waals surface area contributed by atoms with Crippen molar-refractivity contribution >= 4 is 28.7 Å². The van der Waals surface area contributed by atoms with Gasteiger partial charge in [0.1, 0.15) is 29.8 Å². The molecule has 3 aromatic heterocycles. The fourth-order valence-electron chi connectivity index (χ4n) is 5.04. The quantitative estimate of drug-likeness (QED) is 0.304. The van der Waals surface area contributed by atoms with Crippen LogP contribution in [0.4, 0.5) is 14.7 Å². The number of ether oxygens (including phenoxy) is 2. The van der Waals surface area contributed by atoms with Gasteiger partial charge in [-0.15, -0.1) is 0 Å². The molecule has 0 saturated carbocycles. The molecule has 10 nitrogen and oxygen atoms in total. The summed E-state index contributed by atoms with van der Waals surface area (Å²) in [5.41, 5.74) is 2.14. The number of imidazole rings is 1.